The Morgan fingerprint density at radius 2 is 2.03 bits per heavy atom. The number of amides is 1. The first-order chi connectivity index (χ1) is 15.2. The Labute approximate surface area is 191 Å². The van der Waals surface area contributed by atoms with Crippen molar-refractivity contribution in [2.24, 2.45) is 0 Å². The van der Waals surface area contributed by atoms with Crippen LogP contribution in [0.3, 0.4) is 0 Å². The number of hydrogen-bond acceptors (Lipinski definition) is 6. The summed E-state index contributed by atoms with van der Waals surface area (Å²) in [6.45, 7) is 1.94. The molecule has 0 atom stereocenters. The van der Waals surface area contributed by atoms with Gasteiger partial charge in [-0.25, -0.2) is 17.8 Å². The fourth-order valence-corrected chi connectivity index (χ4v) is 3.98. The Morgan fingerprint density at radius 3 is 2.69 bits per heavy atom. The van der Waals surface area contributed by atoms with E-state index < -0.39 is 16.7 Å². The lowest BCUT2D eigenvalue weighted by Gasteiger charge is -2.29. The third kappa shape index (κ3) is 6.91. The number of hydrogen-bond donors (Lipinski definition) is 2. The Balaban J connectivity index is 1.65. The average molecular weight is 483 g/mol. The highest BCUT2D eigenvalue weighted by molar-refractivity contribution is 7.92. The maximum Gasteiger partial charge on any atom is 0.244 e. The van der Waals surface area contributed by atoms with Crippen LogP contribution in [0.4, 0.5) is 15.9 Å². The zero-order valence-corrected chi connectivity index (χ0v) is 19.0. The molecule has 1 fully saturated rings. The molecule has 0 aliphatic carbocycles. The zero-order chi connectivity index (χ0) is 23.1. The fourth-order valence-electron chi connectivity index (χ4n) is 3.10. The Kier molecular flexibility index (Phi) is 8.05. The van der Waals surface area contributed by atoms with Crippen LogP contribution in [0.5, 0.6) is 0 Å². The van der Waals surface area contributed by atoms with Crippen molar-refractivity contribution in [1.29, 1.82) is 0 Å². The van der Waals surface area contributed by atoms with Gasteiger partial charge in [-0.05, 0) is 35.9 Å². The molecule has 0 saturated carbocycles. The number of carbonyl (C=O) groups excluding carboxylic acids is 1. The van der Waals surface area contributed by atoms with Crippen molar-refractivity contribution in [3.8, 4) is 0 Å². The van der Waals surface area contributed by atoms with Gasteiger partial charge in [-0.3, -0.25) is 9.52 Å². The monoisotopic (exact) mass is 482 g/mol. The lowest BCUT2D eigenvalue weighted by atomic mass is 10.2. The van der Waals surface area contributed by atoms with Crippen molar-refractivity contribution in [3.63, 3.8) is 0 Å². The number of sulfonamides is 1. The molecule has 2 N–H and O–H groups in total. The van der Waals surface area contributed by atoms with Crippen molar-refractivity contribution in [3.05, 3.63) is 58.3 Å². The Hall–Kier alpha value is -2.69. The minimum Gasteiger partial charge on any atom is -0.378 e. The van der Waals surface area contributed by atoms with Crippen LogP contribution in [-0.4, -0.2) is 51.9 Å². The van der Waals surface area contributed by atoms with Crippen molar-refractivity contribution >= 4 is 45.1 Å². The van der Waals surface area contributed by atoms with E-state index >= 15 is 0 Å². The van der Waals surface area contributed by atoms with Gasteiger partial charge < -0.3 is 15.0 Å². The highest BCUT2D eigenvalue weighted by Gasteiger charge is 2.16. The second-order valence-corrected chi connectivity index (χ2v) is 9.34. The van der Waals surface area contributed by atoms with Gasteiger partial charge in [0.2, 0.25) is 15.9 Å². The molecule has 0 radical (unpaired) electrons. The number of anilines is 2. The van der Waals surface area contributed by atoms with Crippen LogP contribution in [0.1, 0.15) is 16.8 Å². The fraction of sp³-hybridized carbons (Fsp3) is 0.333. The highest BCUT2D eigenvalue weighted by atomic mass is 35.5. The van der Waals surface area contributed by atoms with E-state index in [0.29, 0.717) is 48.9 Å². The smallest absolute Gasteiger partial charge is 0.244 e. The van der Waals surface area contributed by atoms with E-state index in [1.807, 2.05) is 4.90 Å². The van der Waals surface area contributed by atoms with Crippen LogP contribution in [0.15, 0.2) is 36.4 Å². The van der Waals surface area contributed by atoms with Crippen molar-refractivity contribution in [2.45, 2.75) is 13.2 Å². The van der Waals surface area contributed by atoms with E-state index in [-0.39, 0.29) is 23.2 Å². The summed E-state index contributed by atoms with van der Waals surface area (Å²) in [7, 11) is -3.44. The van der Waals surface area contributed by atoms with E-state index in [1.54, 1.807) is 30.3 Å². The number of alkyl halides is 1. The molecule has 8 nitrogen and oxygen atoms in total. The number of nitrogens with zero attached hydrogens (tertiary/aromatic N) is 2. The number of benzene rings is 1. The summed E-state index contributed by atoms with van der Waals surface area (Å²) in [5.74, 6) is 0.287. The van der Waals surface area contributed by atoms with E-state index in [0.717, 1.165) is 6.26 Å². The third-order valence-electron chi connectivity index (χ3n) is 4.62. The number of morpholine rings is 1. The predicted octanol–water partition coefficient (Wildman–Crippen LogP) is 2.74. The molecule has 1 aromatic heterocycles. The van der Waals surface area contributed by atoms with Gasteiger partial charge in [0.05, 0.1) is 35.9 Å². The van der Waals surface area contributed by atoms with Crippen LogP contribution >= 0.6 is 11.6 Å². The van der Waals surface area contributed by atoms with Crippen molar-refractivity contribution in [1.82, 2.24) is 10.3 Å². The van der Waals surface area contributed by atoms with Crippen LogP contribution in [0.25, 0.3) is 6.08 Å². The van der Waals surface area contributed by atoms with Crippen LogP contribution in [0, 0.1) is 0 Å². The maximum atomic E-state index is 13.1. The Morgan fingerprint density at radius 1 is 1.28 bits per heavy atom. The van der Waals surface area contributed by atoms with Gasteiger partial charge in [-0.2, -0.15) is 0 Å². The maximum absolute atomic E-state index is 13.1. The van der Waals surface area contributed by atoms with Crippen LogP contribution in [-0.2, 0) is 32.8 Å². The summed E-state index contributed by atoms with van der Waals surface area (Å²) in [5.41, 5.74) is 2.01. The molecule has 1 amide bonds. The standard InChI is InChI=1S/C21H24ClFN4O4S/c1-32(29,30)26-19-6-2-15(12-18(19)22)14-24-20(28)7-4-16-3-5-17(13-23)25-21(16)27-8-10-31-11-9-27/h2-7,12,26H,8-11,13-14H2,1H3,(H,24,28)/b7-4+. The third-order valence-corrected chi connectivity index (χ3v) is 5.52. The van der Waals surface area contributed by atoms with E-state index in [1.165, 1.54) is 12.1 Å². The molecule has 1 aromatic carbocycles. The van der Waals surface area contributed by atoms with Gasteiger partial charge in [0.15, 0.2) is 0 Å². The van der Waals surface area contributed by atoms with Gasteiger partial charge in [0, 0.05) is 31.3 Å². The number of carbonyl (C=O) groups is 1. The van der Waals surface area contributed by atoms with Crippen molar-refractivity contribution in [2.75, 3.05) is 42.2 Å². The average Bonchev–Trinajstić information content (AvgIpc) is 2.77. The van der Waals surface area contributed by atoms with Gasteiger partial charge in [-0.15, -0.1) is 0 Å². The van der Waals surface area contributed by atoms with E-state index in [4.69, 9.17) is 16.3 Å². The second kappa shape index (κ2) is 10.8. The molecule has 2 heterocycles. The molecule has 11 heteroatoms. The number of rotatable bonds is 8. The molecule has 0 unspecified atom stereocenters. The number of aromatic nitrogens is 1. The van der Waals surface area contributed by atoms with Crippen LogP contribution in [0.2, 0.25) is 5.02 Å². The summed E-state index contributed by atoms with van der Waals surface area (Å²) >= 11 is 6.11. The van der Waals surface area contributed by atoms with E-state index in [2.05, 4.69) is 15.0 Å². The molecule has 1 aliphatic rings. The first-order valence-electron chi connectivity index (χ1n) is 9.86. The number of ether oxygens (including phenoxy) is 1. The van der Waals surface area contributed by atoms with Gasteiger partial charge >= 0.3 is 0 Å². The first-order valence-corrected chi connectivity index (χ1v) is 12.1. The molecular formula is C21H24ClFN4O4S. The van der Waals surface area contributed by atoms with E-state index in [9.17, 15) is 17.6 Å². The summed E-state index contributed by atoms with van der Waals surface area (Å²) in [5, 5.41) is 2.98. The Bertz CT molecular complexity index is 1100. The first kappa shape index (κ1) is 24.0. The minimum absolute atomic E-state index is 0.206. The molecular weight excluding hydrogens is 459 g/mol. The molecule has 2 aromatic rings. The molecule has 1 aliphatic heterocycles. The summed E-state index contributed by atoms with van der Waals surface area (Å²) < 4.78 is 43.4. The zero-order valence-electron chi connectivity index (χ0n) is 17.5. The molecule has 0 spiro atoms. The SMILES string of the molecule is CS(=O)(=O)Nc1ccc(CNC(=O)/C=C/c2ccc(CF)nc2N2CCOCC2)cc1Cl. The van der Waals surface area contributed by atoms with Gasteiger partial charge in [0.25, 0.3) is 0 Å². The normalized spacial score (nSPS) is 14.5. The summed E-state index contributed by atoms with van der Waals surface area (Å²) in [6.07, 6.45) is 4.06. The summed E-state index contributed by atoms with van der Waals surface area (Å²) in [6, 6.07) is 8.11. The lowest BCUT2D eigenvalue weighted by Crippen LogP contribution is -2.37. The quantitative estimate of drug-likeness (QED) is 0.561. The van der Waals surface area contributed by atoms with Crippen LogP contribution < -0.4 is 14.9 Å². The minimum atomic E-state index is -3.44. The highest BCUT2D eigenvalue weighted by Crippen LogP contribution is 2.24. The van der Waals surface area contributed by atoms with Crippen molar-refractivity contribution < 1.29 is 22.3 Å². The largest absolute Gasteiger partial charge is 0.378 e. The molecule has 3 rings (SSSR count). The molecule has 32 heavy (non-hydrogen) atoms. The lowest BCUT2D eigenvalue weighted by molar-refractivity contribution is -0.116. The summed E-state index contributed by atoms with van der Waals surface area (Å²) in [4.78, 5) is 18.7. The predicted molar refractivity (Wildman–Crippen MR) is 123 cm³/mol. The molecule has 0 bridgehead atoms. The van der Waals surface area contributed by atoms with Gasteiger partial charge in [0.1, 0.15) is 12.5 Å². The number of halogens is 2. The second-order valence-electron chi connectivity index (χ2n) is 7.19. The molecule has 172 valence electrons. The topological polar surface area (TPSA) is 101 Å². The van der Waals surface area contributed by atoms with Gasteiger partial charge in [-0.1, -0.05) is 17.7 Å². The number of nitrogens with one attached hydrogen (secondary N) is 2. The molecule has 1 saturated heterocycles. The number of pyridine rings is 1.